The summed E-state index contributed by atoms with van der Waals surface area (Å²) in [4.78, 5) is 9.92. The summed E-state index contributed by atoms with van der Waals surface area (Å²) in [6.07, 6.45) is 1.61. The standard InChI is InChI=1S/C9H8NO3/c11-5-10-4-7-1-2-8-9(3-7)13-6-12-8/h1-3H,4,6H2,(H,10,11). The molecule has 0 bridgehead atoms. The maximum Gasteiger partial charge on any atom is 0.309 e. The average molecular weight is 178 g/mol. The lowest BCUT2D eigenvalue weighted by Crippen LogP contribution is -2.09. The molecule has 4 heteroatoms. The van der Waals surface area contributed by atoms with Crippen molar-refractivity contribution in [3.63, 3.8) is 0 Å². The van der Waals surface area contributed by atoms with E-state index in [2.05, 4.69) is 5.32 Å². The number of benzene rings is 1. The molecule has 0 atom stereocenters. The zero-order chi connectivity index (χ0) is 9.10. The van der Waals surface area contributed by atoms with Gasteiger partial charge in [-0.1, -0.05) is 6.07 Å². The van der Waals surface area contributed by atoms with Crippen molar-refractivity contribution in [1.29, 1.82) is 0 Å². The van der Waals surface area contributed by atoms with Crippen LogP contribution in [-0.4, -0.2) is 13.2 Å². The summed E-state index contributed by atoms with van der Waals surface area (Å²) in [6, 6.07) is 5.54. The lowest BCUT2D eigenvalue weighted by atomic mass is 10.2. The monoisotopic (exact) mass is 178 g/mol. The molecule has 1 aromatic carbocycles. The fourth-order valence-electron chi connectivity index (χ4n) is 1.19. The first-order valence-corrected chi connectivity index (χ1v) is 3.88. The minimum Gasteiger partial charge on any atom is -0.454 e. The number of hydrogen-bond acceptors (Lipinski definition) is 3. The van der Waals surface area contributed by atoms with Crippen LogP contribution in [0.15, 0.2) is 18.2 Å². The summed E-state index contributed by atoms with van der Waals surface area (Å²) >= 11 is 0. The third kappa shape index (κ3) is 1.56. The van der Waals surface area contributed by atoms with E-state index < -0.39 is 0 Å². The number of hydrogen-bond donors (Lipinski definition) is 1. The van der Waals surface area contributed by atoms with E-state index in [0.717, 1.165) is 17.1 Å². The number of ether oxygens (including phenoxy) is 2. The van der Waals surface area contributed by atoms with Gasteiger partial charge in [-0.15, -0.1) is 0 Å². The van der Waals surface area contributed by atoms with Gasteiger partial charge in [-0.2, -0.15) is 0 Å². The summed E-state index contributed by atoms with van der Waals surface area (Å²) in [7, 11) is 0. The van der Waals surface area contributed by atoms with Crippen molar-refractivity contribution in [2.24, 2.45) is 0 Å². The highest BCUT2D eigenvalue weighted by Crippen LogP contribution is 2.32. The first kappa shape index (κ1) is 7.91. The largest absolute Gasteiger partial charge is 0.454 e. The van der Waals surface area contributed by atoms with Crippen LogP contribution in [0.2, 0.25) is 0 Å². The van der Waals surface area contributed by atoms with Gasteiger partial charge in [0.2, 0.25) is 6.79 Å². The van der Waals surface area contributed by atoms with Crippen LogP contribution in [-0.2, 0) is 11.3 Å². The molecular weight excluding hydrogens is 170 g/mol. The Labute approximate surface area is 75.5 Å². The summed E-state index contributed by atoms with van der Waals surface area (Å²) in [5.41, 5.74) is 0.965. The van der Waals surface area contributed by atoms with Gasteiger partial charge in [-0.3, -0.25) is 4.79 Å². The number of amides is 1. The molecule has 0 saturated carbocycles. The molecule has 0 saturated heterocycles. The zero-order valence-corrected chi connectivity index (χ0v) is 6.87. The van der Waals surface area contributed by atoms with E-state index in [1.54, 1.807) is 6.41 Å². The molecule has 1 aromatic rings. The van der Waals surface area contributed by atoms with Crippen molar-refractivity contribution >= 4 is 6.41 Å². The predicted molar refractivity (Wildman–Crippen MR) is 45.1 cm³/mol. The quantitative estimate of drug-likeness (QED) is 0.688. The molecule has 1 N–H and O–H groups in total. The van der Waals surface area contributed by atoms with Crippen LogP contribution in [0.4, 0.5) is 0 Å². The Morgan fingerprint density at radius 1 is 1.38 bits per heavy atom. The van der Waals surface area contributed by atoms with Crippen molar-refractivity contribution in [2.45, 2.75) is 6.54 Å². The number of rotatable bonds is 3. The van der Waals surface area contributed by atoms with Gasteiger partial charge in [-0.05, 0) is 17.7 Å². The first-order chi connectivity index (χ1) is 6.40. The maximum absolute atomic E-state index is 9.92. The topological polar surface area (TPSA) is 47.6 Å². The smallest absolute Gasteiger partial charge is 0.309 e. The van der Waals surface area contributed by atoms with Gasteiger partial charge in [-0.25, -0.2) is 0 Å². The molecule has 1 aliphatic rings. The number of nitrogens with one attached hydrogen (secondary N) is 1. The van der Waals surface area contributed by atoms with Crippen molar-refractivity contribution in [2.75, 3.05) is 6.79 Å². The molecule has 0 aliphatic carbocycles. The SMILES string of the molecule is O=[C]NCc1ccc2c(c1)OCO2. The molecule has 0 fully saturated rings. The Balaban J connectivity index is 2.16. The third-order valence-electron chi connectivity index (χ3n) is 1.80. The number of fused-ring (bicyclic) bond motifs is 1. The Hall–Kier alpha value is -1.71. The highest BCUT2D eigenvalue weighted by Gasteiger charge is 2.12. The van der Waals surface area contributed by atoms with E-state index in [1.165, 1.54) is 0 Å². The molecule has 0 unspecified atom stereocenters. The van der Waals surface area contributed by atoms with Crippen LogP contribution in [0.3, 0.4) is 0 Å². The minimum atomic E-state index is 0.270. The van der Waals surface area contributed by atoms with Crippen molar-refractivity contribution < 1.29 is 14.3 Å². The average Bonchev–Trinajstić information content (AvgIpc) is 2.61. The highest BCUT2D eigenvalue weighted by molar-refractivity contribution is 5.49. The zero-order valence-electron chi connectivity index (χ0n) is 6.87. The van der Waals surface area contributed by atoms with Gasteiger partial charge in [0.05, 0.1) is 0 Å². The van der Waals surface area contributed by atoms with Crippen LogP contribution in [0.1, 0.15) is 5.56 Å². The molecule has 1 heterocycles. The van der Waals surface area contributed by atoms with E-state index in [9.17, 15) is 4.79 Å². The molecule has 1 aliphatic heterocycles. The molecule has 67 valence electrons. The van der Waals surface area contributed by atoms with Crippen molar-refractivity contribution in [3.8, 4) is 11.5 Å². The van der Waals surface area contributed by atoms with Crippen molar-refractivity contribution in [1.82, 2.24) is 5.32 Å². The van der Waals surface area contributed by atoms with Crippen LogP contribution in [0, 0.1) is 0 Å². The summed E-state index contributed by atoms with van der Waals surface area (Å²) in [5, 5.41) is 2.45. The molecule has 4 nitrogen and oxygen atoms in total. The lowest BCUT2D eigenvalue weighted by molar-refractivity contribution is 0.174. The maximum atomic E-state index is 9.92. The van der Waals surface area contributed by atoms with Crippen LogP contribution < -0.4 is 14.8 Å². The molecular formula is C9H8NO3. The molecule has 1 amide bonds. The van der Waals surface area contributed by atoms with Crippen LogP contribution >= 0.6 is 0 Å². The van der Waals surface area contributed by atoms with Crippen LogP contribution in [0.5, 0.6) is 11.5 Å². The Kier molecular flexibility index (Phi) is 2.04. The summed E-state index contributed by atoms with van der Waals surface area (Å²) in [5.74, 6) is 1.48. The van der Waals surface area contributed by atoms with Gasteiger partial charge in [0, 0.05) is 6.54 Å². The second kappa shape index (κ2) is 3.35. The summed E-state index contributed by atoms with van der Waals surface area (Å²) in [6.45, 7) is 0.728. The molecule has 2 rings (SSSR count). The highest BCUT2D eigenvalue weighted by atomic mass is 16.7. The number of carbonyl (C=O) groups excluding carboxylic acids is 1. The van der Waals surface area contributed by atoms with E-state index in [1.807, 2.05) is 18.2 Å². The van der Waals surface area contributed by atoms with Gasteiger partial charge in [0.1, 0.15) is 0 Å². The Bertz CT molecular complexity index is 325. The van der Waals surface area contributed by atoms with E-state index in [4.69, 9.17) is 9.47 Å². The van der Waals surface area contributed by atoms with Gasteiger partial charge in [0.15, 0.2) is 11.5 Å². The fourth-order valence-corrected chi connectivity index (χ4v) is 1.19. The minimum absolute atomic E-state index is 0.270. The predicted octanol–water partition coefficient (Wildman–Crippen LogP) is 0.572. The third-order valence-corrected chi connectivity index (χ3v) is 1.80. The Morgan fingerprint density at radius 3 is 3.08 bits per heavy atom. The fraction of sp³-hybridized carbons (Fsp3) is 0.222. The van der Waals surface area contributed by atoms with Crippen LogP contribution in [0.25, 0.3) is 0 Å². The molecule has 0 spiro atoms. The second-order valence-electron chi connectivity index (χ2n) is 2.64. The van der Waals surface area contributed by atoms with Crippen molar-refractivity contribution in [3.05, 3.63) is 23.8 Å². The van der Waals surface area contributed by atoms with Gasteiger partial charge < -0.3 is 14.8 Å². The first-order valence-electron chi connectivity index (χ1n) is 3.88. The van der Waals surface area contributed by atoms with E-state index in [-0.39, 0.29) is 6.79 Å². The summed E-state index contributed by atoms with van der Waals surface area (Å²) < 4.78 is 10.3. The molecule has 13 heavy (non-hydrogen) atoms. The molecule has 1 radical (unpaired) electrons. The second-order valence-corrected chi connectivity index (χ2v) is 2.64. The van der Waals surface area contributed by atoms with E-state index in [0.29, 0.717) is 6.54 Å². The van der Waals surface area contributed by atoms with E-state index >= 15 is 0 Å². The molecule has 0 aromatic heterocycles. The normalized spacial score (nSPS) is 12.6. The van der Waals surface area contributed by atoms with Gasteiger partial charge in [0.25, 0.3) is 0 Å². The lowest BCUT2D eigenvalue weighted by Gasteiger charge is -2.00. The Morgan fingerprint density at radius 2 is 2.23 bits per heavy atom. The van der Waals surface area contributed by atoms with Gasteiger partial charge >= 0.3 is 6.41 Å².